The minimum absolute atomic E-state index is 0.0327. The number of hydrogen-bond donors (Lipinski definition) is 2. The van der Waals surface area contributed by atoms with Gasteiger partial charge < -0.3 is 11.1 Å². The lowest BCUT2D eigenvalue weighted by molar-refractivity contribution is -0.114. The van der Waals surface area contributed by atoms with Gasteiger partial charge in [-0.2, -0.15) is 0 Å². The highest BCUT2D eigenvalue weighted by atomic mass is 35.5. The van der Waals surface area contributed by atoms with E-state index in [0.717, 1.165) is 4.31 Å². The molecule has 3 aromatic rings. The number of hydrogen-bond acceptors (Lipinski definition) is 4. The van der Waals surface area contributed by atoms with Crippen LogP contribution in [0.2, 0.25) is 5.02 Å². The average Bonchev–Trinajstić information content (AvgIpc) is 2.73. The van der Waals surface area contributed by atoms with Crippen molar-refractivity contribution in [2.45, 2.75) is 4.90 Å². The number of amides is 2. The summed E-state index contributed by atoms with van der Waals surface area (Å²) in [6, 6.07) is 20.1. The molecule has 154 valence electrons. The number of nitrogens with one attached hydrogen (secondary N) is 1. The van der Waals surface area contributed by atoms with Crippen LogP contribution in [0, 0.1) is 0 Å². The van der Waals surface area contributed by atoms with Crippen LogP contribution in [0.25, 0.3) is 0 Å². The van der Waals surface area contributed by atoms with Gasteiger partial charge in [-0.15, -0.1) is 0 Å². The summed E-state index contributed by atoms with van der Waals surface area (Å²) in [7, 11) is -4.04. The molecule has 0 aliphatic heterocycles. The standard InChI is InChI=1S/C21H18ClN3O4S/c22-15-10-12-16(13-11-15)25(30(28,29)17-6-2-1-3-7-17)14-20(26)24-19-9-5-4-8-18(19)21(23)27/h1-13H,14H2,(H2,23,27)(H,24,26). The van der Waals surface area contributed by atoms with Crippen LogP contribution in [-0.4, -0.2) is 26.8 Å². The second kappa shape index (κ2) is 8.98. The number of carbonyl (C=O) groups excluding carboxylic acids is 2. The van der Waals surface area contributed by atoms with Crippen molar-refractivity contribution >= 4 is 44.8 Å². The van der Waals surface area contributed by atoms with Crippen LogP contribution in [0.15, 0.2) is 83.8 Å². The van der Waals surface area contributed by atoms with Crippen molar-refractivity contribution in [1.82, 2.24) is 0 Å². The summed E-state index contributed by atoms with van der Waals surface area (Å²) in [6.07, 6.45) is 0. The number of anilines is 2. The second-order valence-electron chi connectivity index (χ2n) is 6.26. The van der Waals surface area contributed by atoms with E-state index in [0.29, 0.717) is 5.02 Å². The molecular weight excluding hydrogens is 426 g/mol. The normalized spacial score (nSPS) is 11.0. The molecule has 0 radical (unpaired) electrons. The number of sulfonamides is 1. The van der Waals surface area contributed by atoms with Gasteiger partial charge in [0.2, 0.25) is 5.91 Å². The van der Waals surface area contributed by atoms with E-state index >= 15 is 0 Å². The maximum atomic E-state index is 13.2. The van der Waals surface area contributed by atoms with Gasteiger partial charge in [-0.1, -0.05) is 41.9 Å². The van der Waals surface area contributed by atoms with Gasteiger partial charge in [-0.25, -0.2) is 8.42 Å². The number of nitrogens with two attached hydrogens (primary N) is 1. The molecule has 0 atom stereocenters. The third-order valence-electron chi connectivity index (χ3n) is 4.20. The van der Waals surface area contributed by atoms with Gasteiger partial charge in [0, 0.05) is 5.02 Å². The SMILES string of the molecule is NC(=O)c1ccccc1NC(=O)CN(c1ccc(Cl)cc1)S(=O)(=O)c1ccccc1. The van der Waals surface area contributed by atoms with E-state index in [4.69, 9.17) is 17.3 Å². The van der Waals surface area contributed by atoms with Crippen LogP contribution < -0.4 is 15.4 Å². The first kappa shape index (κ1) is 21.4. The summed E-state index contributed by atoms with van der Waals surface area (Å²) < 4.78 is 27.4. The lowest BCUT2D eigenvalue weighted by atomic mass is 10.1. The topological polar surface area (TPSA) is 110 Å². The number of para-hydroxylation sites is 1. The van der Waals surface area contributed by atoms with Gasteiger partial charge >= 0.3 is 0 Å². The third kappa shape index (κ3) is 4.79. The van der Waals surface area contributed by atoms with E-state index in [1.807, 2.05) is 0 Å². The number of carbonyl (C=O) groups is 2. The first-order valence-electron chi connectivity index (χ1n) is 8.81. The summed E-state index contributed by atoms with van der Waals surface area (Å²) in [5, 5.41) is 2.98. The average molecular weight is 444 g/mol. The van der Waals surface area contributed by atoms with E-state index in [1.54, 1.807) is 30.3 Å². The Morgan fingerprint density at radius 3 is 2.13 bits per heavy atom. The minimum atomic E-state index is -4.04. The monoisotopic (exact) mass is 443 g/mol. The minimum Gasteiger partial charge on any atom is -0.366 e. The Labute approximate surface area is 179 Å². The predicted octanol–water partition coefficient (Wildman–Crippen LogP) is 3.27. The molecule has 0 saturated heterocycles. The summed E-state index contributed by atoms with van der Waals surface area (Å²) in [5.41, 5.74) is 5.92. The van der Waals surface area contributed by atoms with Crippen LogP contribution in [0.4, 0.5) is 11.4 Å². The molecule has 0 unspecified atom stereocenters. The van der Waals surface area contributed by atoms with Gasteiger partial charge in [0.05, 0.1) is 21.8 Å². The Hall–Kier alpha value is -3.36. The van der Waals surface area contributed by atoms with Crippen molar-refractivity contribution < 1.29 is 18.0 Å². The molecule has 0 fully saturated rings. The maximum Gasteiger partial charge on any atom is 0.264 e. The van der Waals surface area contributed by atoms with Gasteiger partial charge in [0.1, 0.15) is 6.54 Å². The van der Waals surface area contributed by atoms with Crippen molar-refractivity contribution in [3.05, 3.63) is 89.4 Å². The first-order chi connectivity index (χ1) is 14.3. The molecule has 0 aromatic heterocycles. The smallest absolute Gasteiger partial charge is 0.264 e. The molecule has 0 heterocycles. The summed E-state index contributed by atoms with van der Waals surface area (Å²) in [5.74, 6) is -1.35. The molecule has 9 heteroatoms. The van der Waals surface area contributed by atoms with Crippen molar-refractivity contribution in [2.24, 2.45) is 5.73 Å². The summed E-state index contributed by atoms with van der Waals surface area (Å²) in [6.45, 7) is -0.522. The number of primary amides is 1. The quantitative estimate of drug-likeness (QED) is 0.583. The van der Waals surface area contributed by atoms with Crippen LogP contribution in [0.5, 0.6) is 0 Å². The van der Waals surface area contributed by atoms with Crippen molar-refractivity contribution in [3.8, 4) is 0 Å². The maximum absolute atomic E-state index is 13.2. The Morgan fingerprint density at radius 2 is 1.50 bits per heavy atom. The summed E-state index contributed by atoms with van der Waals surface area (Å²) >= 11 is 5.92. The third-order valence-corrected chi connectivity index (χ3v) is 6.24. The Balaban J connectivity index is 1.95. The molecule has 30 heavy (non-hydrogen) atoms. The number of benzene rings is 3. The number of halogens is 1. The van der Waals surface area contributed by atoms with E-state index in [-0.39, 0.29) is 21.8 Å². The van der Waals surface area contributed by atoms with E-state index in [9.17, 15) is 18.0 Å². The van der Waals surface area contributed by atoms with Crippen molar-refractivity contribution in [1.29, 1.82) is 0 Å². The molecular formula is C21H18ClN3O4S. The number of nitrogens with zero attached hydrogens (tertiary/aromatic N) is 1. The fraction of sp³-hybridized carbons (Fsp3) is 0.0476. The van der Waals surface area contributed by atoms with E-state index < -0.39 is 28.4 Å². The number of rotatable bonds is 7. The molecule has 7 nitrogen and oxygen atoms in total. The van der Waals surface area contributed by atoms with Crippen LogP contribution in [0.3, 0.4) is 0 Å². The van der Waals surface area contributed by atoms with Gasteiger partial charge in [-0.05, 0) is 48.5 Å². The van der Waals surface area contributed by atoms with Crippen LogP contribution >= 0.6 is 11.6 Å². The van der Waals surface area contributed by atoms with E-state index in [1.165, 1.54) is 48.5 Å². The zero-order valence-electron chi connectivity index (χ0n) is 15.7. The fourth-order valence-electron chi connectivity index (χ4n) is 2.77. The van der Waals surface area contributed by atoms with Gasteiger partial charge in [0.15, 0.2) is 0 Å². The molecule has 0 aliphatic carbocycles. The molecule has 2 amide bonds. The van der Waals surface area contributed by atoms with Gasteiger partial charge in [-0.3, -0.25) is 13.9 Å². The van der Waals surface area contributed by atoms with Crippen molar-refractivity contribution in [2.75, 3.05) is 16.2 Å². The molecule has 0 saturated carbocycles. The fourth-order valence-corrected chi connectivity index (χ4v) is 4.34. The highest BCUT2D eigenvalue weighted by Gasteiger charge is 2.27. The Morgan fingerprint density at radius 1 is 0.900 bits per heavy atom. The molecule has 3 rings (SSSR count). The molecule has 3 aromatic carbocycles. The molecule has 0 spiro atoms. The highest BCUT2D eigenvalue weighted by Crippen LogP contribution is 2.25. The Kier molecular flexibility index (Phi) is 6.39. The molecule has 3 N–H and O–H groups in total. The zero-order valence-corrected chi connectivity index (χ0v) is 17.2. The second-order valence-corrected chi connectivity index (χ2v) is 8.56. The van der Waals surface area contributed by atoms with Crippen molar-refractivity contribution in [3.63, 3.8) is 0 Å². The lowest BCUT2D eigenvalue weighted by Gasteiger charge is -2.24. The first-order valence-corrected chi connectivity index (χ1v) is 10.6. The summed E-state index contributed by atoms with van der Waals surface area (Å²) in [4.78, 5) is 24.3. The Bertz CT molecular complexity index is 1170. The predicted molar refractivity (Wildman–Crippen MR) is 116 cm³/mol. The molecule has 0 aliphatic rings. The van der Waals surface area contributed by atoms with E-state index in [2.05, 4.69) is 5.32 Å². The highest BCUT2D eigenvalue weighted by molar-refractivity contribution is 7.92. The molecule has 0 bridgehead atoms. The van der Waals surface area contributed by atoms with Gasteiger partial charge in [0.25, 0.3) is 15.9 Å². The van der Waals surface area contributed by atoms with Crippen LogP contribution in [-0.2, 0) is 14.8 Å². The van der Waals surface area contributed by atoms with Crippen LogP contribution in [0.1, 0.15) is 10.4 Å². The lowest BCUT2D eigenvalue weighted by Crippen LogP contribution is -2.38. The largest absolute Gasteiger partial charge is 0.366 e. The zero-order chi connectivity index (χ0) is 21.7.